The Morgan fingerprint density at radius 3 is 2.68 bits per heavy atom. The monoisotopic (exact) mass is 278 g/mol. The van der Waals surface area contributed by atoms with E-state index in [2.05, 4.69) is 5.32 Å². The van der Waals surface area contributed by atoms with Gasteiger partial charge in [-0.15, -0.1) is 0 Å². The Morgan fingerprint density at radius 2 is 2.00 bits per heavy atom. The molecule has 0 unspecified atom stereocenters. The second kappa shape index (κ2) is 6.19. The zero-order valence-electron chi connectivity index (χ0n) is 9.88. The molecule has 0 aliphatic heterocycles. The average Bonchev–Trinajstić information content (AvgIpc) is 2.40. The number of benzene rings is 1. The summed E-state index contributed by atoms with van der Waals surface area (Å²) in [5.41, 5.74) is 0.523. The van der Waals surface area contributed by atoms with E-state index in [4.69, 9.17) is 0 Å². The van der Waals surface area contributed by atoms with Gasteiger partial charge in [0.1, 0.15) is 5.82 Å². The van der Waals surface area contributed by atoms with E-state index in [0.29, 0.717) is 15.4 Å². The van der Waals surface area contributed by atoms with Gasteiger partial charge >= 0.3 is 0 Å². The van der Waals surface area contributed by atoms with Crippen LogP contribution in [0.4, 0.5) is 10.1 Å². The van der Waals surface area contributed by atoms with Crippen molar-refractivity contribution in [1.82, 2.24) is 0 Å². The molecule has 4 nitrogen and oxygen atoms in total. The molecule has 0 radical (unpaired) electrons. The molecule has 19 heavy (non-hydrogen) atoms. The third-order valence-corrected chi connectivity index (χ3v) is 3.29. The maximum absolute atomic E-state index is 12.7. The molecule has 1 N–H and O–H groups in total. The number of hydrogen-bond donors (Lipinski definition) is 1. The Labute approximate surface area is 113 Å². The Balaban J connectivity index is 1.88. The van der Waals surface area contributed by atoms with Crippen molar-refractivity contribution in [3.63, 3.8) is 0 Å². The second-order valence-electron chi connectivity index (χ2n) is 3.71. The van der Waals surface area contributed by atoms with Gasteiger partial charge in [-0.1, -0.05) is 0 Å². The first-order valence-corrected chi connectivity index (χ1v) is 6.50. The second-order valence-corrected chi connectivity index (χ2v) is 4.70. The minimum atomic E-state index is -0.357. The third-order valence-electron chi connectivity index (χ3n) is 2.27. The van der Waals surface area contributed by atoms with Gasteiger partial charge in [0, 0.05) is 17.8 Å². The summed E-state index contributed by atoms with van der Waals surface area (Å²) >= 11 is 1.14. The first kappa shape index (κ1) is 13.4. The number of amides is 1. The number of nitrogens with zero attached hydrogens (tertiary/aromatic N) is 1. The molecule has 1 amide bonds. The molecule has 2 rings (SSSR count). The van der Waals surface area contributed by atoms with Gasteiger partial charge in [0.05, 0.1) is 5.75 Å². The maximum Gasteiger partial charge on any atom is 0.251 e. The number of thioether (sulfide) groups is 1. The summed E-state index contributed by atoms with van der Waals surface area (Å²) in [6.07, 6.45) is 1.38. The van der Waals surface area contributed by atoms with Crippen LogP contribution in [-0.2, 0) is 4.79 Å². The summed E-state index contributed by atoms with van der Waals surface area (Å²) < 4.78 is 13.4. The Hall–Kier alpha value is -2.08. The van der Waals surface area contributed by atoms with E-state index in [1.807, 2.05) is 0 Å². The molecule has 0 fully saturated rings. The smallest absolute Gasteiger partial charge is 0.251 e. The molecule has 1 aromatic heterocycles. The van der Waals surface area contributed by atoms with E-state index < -0.39 is 0 Å². The maximum atomic E-state index is 12.7. The first-order valence-electron chi connectivity index (χ1n) is 5.51. The van der Waals surface area contributed by atoms with Gasteiger partial charge in [0.2, 0.25) is 5.91 Å². The van der Waals surface area contributed by atoms with E-state index in [1.165, 1.54) is 30.5 Å². The highest BCUT2D eigenvalue weighted by atomic mass is 32.2. The summed E-state index contributed by atoms with van der Waals surface area (Å²) in [6.45, 7) is 0. The molecule has 0 spiro atoms. The van der Waals surface area contributed by atoms with Gasteiger partial charge in [-0.05, 0) is 42.1 Å². The topological polar surface area (TPSA) is 56.0 Å². The van der Waals surface area contributed by atoms with Gasteiger partial charge in [0.15, 0.2) is 6.20 Å². The molecule has 2 aromatic rings. The fraction of sp³-hybridized carbons (Fsp3) is 0.0769. The molecule has 98 valence electrons. The molecule has 0 aliphatic carbocycles. The Morgan fingerprint density at radius 1 is 1.26 bits per heavy atom. The normalized spacial score (nSPS) is 10.2. The number of carbonyl (C=O) groups is 1. The highest BCUT2D eigenvalue weighted by Crippen LogP contribution is 2.14. The molecular formula is C13H11FN2O2S. The van der Waals surface area contributed by atoms with E-state index in [9.17, 15) is 14.4 Å². The lowest BCUT2D eigenvalue weighted by Crippen LogP contribution is -2.28. The quantitative estimate of drug-likeness (QED) is 0.530. The number of hydrogen-bond acceptors (Lipinski definition) is 3. The highest BCUT2D eigenvalue weighted by Gasteiger charge is 2.09. The molecule has 0 aliphatic rings. The van der Waals surface area contributed by atoms with E-state index in [1.54, 1.807) is 18.2 Å². The molecule has 6 heteroatoms. The van der Waals surface area contributed by atoms with Crippen molar-refractivity contribution in [3.8, 4) is 0 Å². The third kappa shape index (κ3) is 3.96. The zero-order chi connectivity index (χ0) is 13.7. The lowest BCUT2D eigenvalue weighted by atomic mass is 10.3. The van der Waals surface area contributed by atoms with E-state index in [-0.39, 0.29) is 17.5 Å². The van der Waals surface area contributed by atoms with Crippen LogP contribution in [-0.4, -0.2) is 11.7 Å². The minimum Gasteiger partial charge on any atom is -0.618 e. The van der Waals surface area contributed by atoms with Crippen LogP contribution in [0.5, 0.6) is 0 Å². The van der Waals surface area contributed by atoms with Crippen LogP contribution in [0.2, 0.25) is 0 Å². The summed E-state index contributed by atoms with van der Waals surface area (Å²) in [6, 6.07) is 10.5. The number of aromatic nitrogens is 1. The standard InChI is InChI=1S/C13H11FN2O2S/c14-10-4-6-11(7-5-10)15-12(17)9-19-13-3-1-2-8-16(13)18/h1-8H,9H2,(H,15,17). The van der Waals surface area contributed by atoms with Crippen molar-refractivity contribution < 1.29 is 13.9 Å². The van der Waals surface area contributed by atoms with Crippen LogP contribution < -0.4 is 10.0 Å². The average molecular weight is 278 g/mol. The molecule has 0 saturated heterocycles. The van der Waals surface area contributed by atoms with E-state index >= 15 is 0 Å². The number of rotatable bonds is 4. The zero-order valence-corrected chi connectivity index (χ0v) is 10.7. The number of pyridine rings is 1. The van der Waals surface area contributed by atoms with Crippen LogP contribution in [0.3, 0.4) is 0 Å². The van der Waals surface area contributed by atoms with Crippen LogP contribution in [0.1, 0.15) is 0 Å². The molecule has 1 aromatic carbocycles. The van der Waals surface area contributed by atoms with Gasteiger partial charge in [-0.25, -0.2) is 4.39 Å². The predicted molar refractivity (Wildman–Crippen MR) is 71.2 cm³/mol. The van der Waals surface area contributed by atoms with Gasteiger partial charge in [0.25, 0.3) is 5.03 Å². The summed E-state index contributed by atoms with van der Waals surface area (Å²) in [5.74, 6) is -0.492. The number of nitrogens with one attached hydrogen (secondary N) is 1. The van der Waals surface area contributed by atoms with Crippen LogP contribution >= 0.6 is 11.8 Å². The fourth-order valence-corrected chi connectivity index (χ4v) is 2.11. The summed E-state index contributed by atoms with van der Waals surface area (Å²) in [4.78, 5) is 11.6. The Bertz CT molecular complexity index is 575. The van der Waals surface area contributed by atoms with Crippen LogP contribution in [0, 0.1) is 11.0 Å². The molecule has 0 bridgehead atoms. The number of anilines is 1. The fourth-order valence-electron chi connectivity index (χ4n) is 1.39. The van der Waals surface area contributed by atoms with Crippen molar-refractivity contribution in [2.24, 2.45) is 0 Å². The van der Waals surface area contributed by atoms with Crippen molar-refractivity contribution in [1.29, 1.82) is 0 Å². The molecular weight excluding hydrogens is 267 g/mol. The highest BCUT2D eigenvalue weighted by molar-refractivity contribution is 7.99. The van der Waals surface area contributed by atoms with Gasteiger partial charge in [-0.2, -0.15) is 4.73 Å². The van der Waals surface area contributed by atoms with Gasteiger partial charge in [-0.3, -0.25) is 4.79 Å². The van der Waals surface area contributed by atoms with Crippen molar-refractivity contribution in [2.75, 3.05) is 11.1 Å². The number of halogens is 1. The van der Waals surface area contributed by atoms with Crippen molar-refractivity contribution in [2.45, 2.75) is 5.03 Å². The van der Waals surface area contributed by atoms with Gasteiger partial charge < -0.3 is 10.5 Å². The number of carbonyl (C=O) groups excluding carboxylic acids is 1. The lowest BCUT2D eigenvalue weighted by Gasteiger charge is -2.05. The lowest BCUT2D eigenvalue weighted by molar-refractivity contribution is -0.645. The predicted octanol–water partition coefficient (Wildman–Crippen LogP) is 2.19. The minimum absolute atomic E-state index is 0.115. The molecule has 0 saturated carbocycles. The van der Waals surface area contributed by atoms with Crippen molar-refractivity contribution in [3.05, 3.63) is 59.7 Å². The Kier molecular flexibility index (Phi) is 4.35. The summed E-state index contributed by atoms with van der Waals surface area (Å²) in [7, 11) is 0. The molecule has 0 atom stereocenters. The molecule has 1 heterocycles. The van der Waals surface area contributed by atoms with Crippen molar-refractivity contribution >= 4 is 23.4 Å². The summed E-state index contributed by atoms with van der Waals surface area (Å²) in [5, 5.41) is 14.4. The SMILES string of the molecule is O=C(CSc1cccc[n+]1[O-])Nc1ccc(F)cc1. The largest absolute Gasteiger partial charge is 0.618 e. The first-order chi connectivity index (χ1) is 9.15. The van der Waals surface area contributed by atoms with Crippen LogP contribution in [0.25, 0.3) is 0 Å². The van der Waals surface area contributed by atoms with Crippen LogP contribution in [0.15, 0.2) is 53.7 Å². The van der Waals surface area contributed by atoms with E-state index in [0.717, 1.165) is 11.8 Å².